The summed E-state index contributed by atoms with van der Waals surface area (Å²) >= 11 is 6.51. The molecule has 0 bridgehead atoms. The predicted molar refractivity (Wildman–Crippen MR) is 60.3 cm³/mol. The average molecular weight is 348 g/mol. The summed E-state index contributed by atoms with van der Waals surface area (Å²) in [6.45, 7) is 0. The maximum atomic E-state index is 10.8. The third-order valence-corrected chi connectivity index (χ3v) is 3.18. The molecule has 13 heavy (non-hydrogen) atoms. The van der Waals surface area contributed by atoms with Crippen LogP contribution in [0.2, 0.25) is 0 Å². The highest BCUT2D eigenvalue weighted by Crippen LogP contribution is 2.22. The number of rotatable bonds is 2. The van der Waals surface area contributed by atoms with E-state index in [2.05, 4.69) is 31.9 Å². The van der Waals surface area contributed by atoms with E-state index in [0.717, 1.165) is 8.95 Å². The molecule has 0 saturated carbocycles. The summed E-state index contributed by atoms with van der Waals surface area (Å²) in [6, 6.07) is 5.25. The molecular formula is C7H5Br2ClO2S. The topological polar surface area (TPSA) is 34.1 Å². The van der Waals surface area contributed by atoms with Gasteiger partial charge in [-0.3, -0.25) is 0 Å². The first kappa shape index (κ1) is 11.5. The summed E-state index contributed by atoms with van der Waals surface area (Å²) in [5, 5.41) is 0. The molecule has 1 aromatic carbocycles. The van der Waals surface area contributed by atoms with Crippen molar-refractivity contribution >= 4 is 51.6 Å². The minimum Gasteiger partial charge on any atom is -0.212 e. The SMILES string of the molecule is O=S(=O)(Cl)Cc1cc(Br)cc(Br)c1. The molecule has 72 valence electrons. The van der Waals surface area contributed by atoms with E-state index in [9.17, 15) is 8.42 Å². The van der Waals surface area contributed by atoms with Gasteiger partial charge in [-0.15, -0.1) is 0 Å². The van der Waals surface area contributed by atoms with Gasteiger partial charge in [0.1, 0.15) is 0 Å². The van der Waals surface area contributed by atoms with Gasteiger partial charge >= 0.3 is 0 Å². The first-order valence-corrected chi connectivity index (χ1v) is 7.30. The second-order valence-corrected chi connectivity index (χ2v) is 7.07. The number of benzene rings is 1. The zero-order valence-corrected chi connectivity index (χ0v) is 11.0. The van der Waals surface area contributed by atoms with Gasteiger partial charge in [0.05, 0.1) is 5.75 Å². The molecule has 0 fully saturated rings. The fourth-order valence-electron chi connectivity index (χ4n) is 0.893. The van der Waals surface area contributed by atoms with Crippen molar-refractivity contribution in [3.63, 3.8) is 0 Å². The first-order chi connectivity index (χ1) is 5.87. The number of halogens is 3. The fraction of sp³-hybridized carbons (Fsp3) is 0.143. The van der Waals surface area contributed by atoms with Crippen LogP contribution in [0.4, 0.5) is 0 Å². The Balaban J connectivity index is 3.03. The molecule has 6 heteroatoms. The van der Waals surface area contributed by atoms with Crippen LogP contribution in [-0.2, 0) is 14.8 Å². The highest BCUT2D eigenvalue weighted by Gasteiger charge is 2.07. The van der Waals surface area contributed by atoms with Crippen LogP contribution in [0.1, 0.15) is 5.56 Å². The Labute approximate surface area is 98.0 Å². The van der Waals surface area contributed by atoms with Gasteiger partial charge in [0, 0.05) is 19.6 Å². The monoisotopic (exact) mass is 346 g/mol. The van der Waals surface area contributed by atoms with Crippen LogP contribution in [0, 0.1) is 0 Å². The molecule has 0 atom stereocenters. The lowest BCUT2D eigenvalue weighted by Crippen LogP contribution is -1.94. The van der Waals surface area contributed by atoms with E-state index in [1.807, 2.05) is 6.07 Å². The Bertz CT molecular complexity index is 396. The highest BCUT2D eigenvalue weighted by molar-refractivity contribution is 9.11. The van der Waals surface area contributed by atoms with E-state index >= 15 is 0 Å². The molecule has 0 aromatic heterocycles. The Hall–Kier alpha value is 0.420. The van der Waals surface area contributed by atoms with Gasteiger partial charge in [-0.05, 0) is 23.8 Å². The van der Waals surface area contributed by atoms with Crippen LogP contribution >= 0.6 is 42.5 Å². The van der Waals surface area contributed by atoms with Crippen LogP contribution < -0.4 is 0 Å². The predicted octanol–water partition coefficient (Wildman–Crippen LogP) is 3.28. The number of hydrogen-bond acceptors (Lipinski definition) is 2. The Kier molecular flexibility index (Phi) is 3.80. The second kappa shape index (κ2) is 4.29. The van der Waals surface area contributed by atoms with Gasteiger partial charge < -0.3 is 0 Å². The zero-order chi connectivity index (χ0) is 10.1. The maximum Gasteiger partial charge on any atom is 0.236 e. The van der Waals surface area contributed by atoms with Gasteiger partial charge in [-0.25, -0.2) is 8.42 Å². The molecule has 0 aliphatic rings. The highest BCUT2D eigenvalue weighted by atomic mass is 79.9. The standard InChI is InChI=1S/C7H5Br2ClO2S/c8-6-1-5(2-7(9)3-6)4-13(10,11)12/h1-3H,4H2. The van der Waals surface area contributed by atoms with Crippen molar-refractivity contribution in [2.75, 3.05) is 0 Å². The van der Waals surface area contributed by atoms with Crippen molar-refractivity contribution in [3.8, 4) is 0 Å². The molecule has 2 nitrogen and oxygen atoms in total. The Morgan fingerprint density at radius 2 is 1.62 bits per heavy atom. The van der Waals surface area contributed by atoms with E-state index in [0.29, 0.717) is 5.56 Å². The van der Waals surface area contributed by atoms with E-state index in [1.54, 1.807) is 12.1 Å². The summed E-state index contributed by atoms with van der Waals surface area (Å²) in [5.41, 5.74) is 0.649. The molecular weight excluding hydrogens is 343 g/mol. The number of hydrogen-bond donors (Lipinski definition) is 0. The molecule has 0 amide bonds. The minimum absolute atomic E-state index is 0.160. The lowest BCUT2D eigenvalue weighted by atomic mass is 10.2. The second-order valence-electron chi connectivity index (χ2n) is 2.46. The zero-order valence-electron chi connectivity index (χ0n) is 6.30. The van der Waals surface area contributed by atoms with Crippen molar-refractivity contribution in [1.29, 1.82) is 0 Å². The van der Waals surface area contributed by atoms with Crippen LogP contribution in [0.5, 0.6) is 0 Å². The smallest absolute Gasteiger partial charge is 0.212 e. The van der Waals surface area contributed by atoms with Crippen molar-refractivity contribution in [1.82, 2.24) is 0 Å². The molecule has 0 radical (unpaired) electrons. The van der Waals surface area contributed by atoms with Crippen molar-refractivity contribution in [3.05, 3.63) is 32.7 Å². The van der Waals surface area contributed by atoms with Gasteiger partial charge in [0.25, 0.3) is 0 Å². The van der Waals surface area contributed by atoms with Crippen molar-refractivity contribution in [2.24, 2.45) is 0 Å². The van der Waals surface area contributed by atoms with Crippen molar-refractivity contribution in [2.45, 2.75) is 5.75 Å². The normalized spacial score (nSPS) is 11.6. The van der Waals surface area contributed by atoms with Crippen LogP contribution in [0.25, 0.3) is 0 Å². The summed E-state index contributed by atoms with van der Waals surface area (Å²) in [4.78, 5) is 0. The lowest BCUT2D eigenvalue weighted by Gasteiger charge is -2.00. The molecule has 0 aliphatic heterocycles. The van der Waals surface area contributed by atoms with E-state index in [4.69, 9.17) is 10.7 Å². The average Bonchev–Trinajstić information content (AvgIpc) is 1.78. The van der Waals surface area contributed by atoms with Gasteiger partial charge in [0.15, 0.2) is 0 Å². The Morgan fingerprint density at radius 1 is 1.15 bits per heavy atom. The van der Waals surface area contributed by atoms with E-state index in [1.165, 1.54) is 0 Å². The Morgan fingerprint density at radius 3 is 2.00 bits per heavy atom. The maximum absolute atomic E-state index is 10.8. The molecule has 0 unspecified atom stereocenters. The van der Waals surface area contributed by atoms with Crippen LogP contribution in [-0.4, -0.2) is 8.42 Å². The summed E-state index contributed by atoms with van der Waals surface area (Å²) < 4.78 is 23.1. The van der Waals surface area contributed by atoms with Crippen LogP contribution in [0.3, 0.4) is 0 Å². The lowest BCUT2D eigenvalue weighted by molar-refractivity contribution is 0.609. The van der Waals surface area contributed by atoms with E-state index in [-0.39, 0.29) is 5.75 Å². The molecule has 0 saturated heterocycles. The largest absolute Gasteiger partial charge is 0.236 e. The summed E-state index contributed by atoms with van der Waals surface area (Å²) in [7, 11) is 1.63. The molecule has 0 heterocycles. The molecule has 1 rings (SSSR count). The van der Waals surface area contributed by atoms with Gasteiger partial charge in [-0.2, -0.15) is 0 Å². The van der Waals surface area contributed by atoms with Gasteiger partial charge in [0.2, 0.25) is 9.05 Å². The third kappa shape index (κ3) is 4.44. The fourth-order valence-corrected chi connectivity index (χ4v) is 3.22. The van der Waals surface area contributed by atoms with Crippen molar-refractivity contribution < 1.29 is 8.42 Å². The van der Waals surface area contributed by atoms with Gasteiger partial charge in [-0.1, -0.05) is 31.9 Å². The third-order valence-electron chi connectivity index (χ3n) is 1.26. The minimum atomic E-state index is -3.48. The molecule has 0 N–H and O–H groups in total. The van der Waals surface area contributed by atoms with E-state index < -0.39 is 9.05 Å². The quantitative estimate of drug-likeness (QED) is 0.769. The molecule has 0 aliphatic carbocycles. The molecule has 0 spiro atoms. The molecule has 1 aromatic rings. The summed E-state index contributed by atoms with van der Waals surface area (Å²) in [5.74, 6) is -0.160. The van der Waals surface area contributed by atoms with Crippen LogP contribution in [0.15, 0.2) is 27.1 Å². The first-order valence-electron chi connectivity index (χ1n) is 3.24. The summed E-state index contributed by atoms with van der Waals surface area (Å²) in [6.07, 6.45) is 0.